The van der Waals surface area contributed by atoms with Gasteiger partial charge >= 0.3 is 0 Å². The highest BCUT2D eigenvalue weighted by Crippen LogP contribution is 2.34. The van der Waals surface area contributed by atoms with Gasteiger partial charge in [-0.05, 0) is 63.6 Å². The molecule has 0 radical (unpaired) electrons. The van der Waals surface area contributed by atoms with Gasteiger partial charge in [0, 0.05) is 35.2 Å². The molecule has 4 heterocycles. The normalized spacial score (nSPS) is 15.6. The van der Waals surface area contributed by atoms with E-state index in [2.05, 4.69) is 28.8 Å². The number of benzene rings is 1. The van der Waals surface area contributed by atoms with Crippen LogP contribution in [-0.2, 0) is 10.3 Å². The van der Waals surface area contributed by atoms with Crippen LogP contribution in [0.15, 0.2) is 70.3 Å². The van der Waals surface area contributed by atoms with E-state index in [-0.39, 0.29) is 5.54 Å². The molecule has 1 N–H and O–H groups in total. The first-order chi connectivity index (χ1) is 15.2. The number of aliphatic imine (C=N–C) groups is 1. The highest BCUT2D eigenvalue weighted by Gasteiger charge is 2.27. The maximum Gasteiger partial charge on any atom is 0.216 e. The quantitative estimate of drug-likeness (QED) is 0.475. The van der Waals surface area contributed by atoms with Gasteiger partial charge in [-0.1, -0.05) is 12.1 Å². The molecule has 32 heavy (non-hydrogen) atoms. The van der Waals surface area contributed by atoms with Crippen LogP contribution in [0.5, 0.6) is 0 Å². The summed E-state index contributed by atoms with van der Waals surface area (Å²) in [4.78, 5) is 13.4. The highest BCUT2D eigenvalue weighted by molar-refractivity contribution is 5.96. The Hall–Kier alpha value is -3.51. The van der Waals surface area contributed by atoms with Gasteiger partial charge in [-0.25, -0.2) is 4.99 Å². The van der Waals surface area contributed by atoms with Gasteiger partial charge in [0.2, 0.25) is 5.90 Å². The summed E-state index contributed by atoms with van der Waals surface area (Å²) in [6, 6.07) is 15.6. The van der Waals surface area contributed by atoms with Crippen LogP contribution < -0.4 is 0 Å². The molecule has 6 nitrogen and oxygen atoms in total. The number of fused-ring (bicyclic) bond motifs is 1. The molecule has 3 aromatic heterocycles. The zero-order valence-corrected chi connectivity index (χ0v) is 18.6. The molecule has 1 aliphatic rings. The van der Waals surface area contributed by atoms with Crippen LogP contribution in [0.4, 0.5) is 0 Å². The van der Waals surface area contributed by atoms with Crippen molar-refractivity contribution < 1.29 is 14.3 Å². The zero-order chi connectivity index (χ0) is 22.5. The Morgan fingerprint density at radius 3 is 2.31 bits per heavy atom. The summed E-state index contributed by atoms with van der Waals surface area (Å²) in [6.45, 7) is 8.14. The molecule has 0 aliphatic carbocycles. The SMILES string of the molecule is CC1(C)COC(c2ccc(-c3cc4nccc(-c5ccnc(C(C)(C)O)c5)c4o3)cc2)=N1. The summed E-state index contributed by atoms with van der Waals surface area (Å²) in [7, 11) is 0. The minimum absolute atomic E-state index is 0.188. The smallest absolute Gasteiger partial charge is 0.216 e. The number of furan rings is 1. The molecule has 0 unspecified atom stereocenters. The lowest BCUT2D eigenvalue weighted by molar-refractivity contribution is 0.0739. The number of aliphatic hydroxyl groups is 1. The van der Waals surface area contributed by atoms with Crippen molar-refractivity contribution in [2.24, 2.45) is 4.99 Å². The zero-order valence-electron chi connectivity index (χ0n) is 18.6. The lowest BCUT2D eigenvalue weighted by Gasteiger charge is -2.17. The number of nitrogens with zero attached hydrogens (tertiary/aromatic N) is 3. The van der Waals surface area contributed by atoms with Gasteiger partial charge < -0.3 is 14.3 Å². The average Bonchev–Trinajstić information content (AvgIpc) is 3.36. The molecule has 0 atom stereocenters. The monoisotopic (exact) mass is 427 g/mol. The Morgan fingerprint density at radius 2 is 1.62 bits per heavy atom. The molecular formula is C26H25N3O3. The molecule has 1 aromatic carbocycles. The Morgan fingerprint density at radius 1 is 0.906 bits per heavy atom. The third kappa shape index (κ3) is 3.78. The van der Waals surface area contributed by atoms with Crippen molar-refractivity contribution in [3.63, 3.8) is 0 Å². The van der Waals surface area contributed by atoms with Crippen molar-refractivity contribution in [3.05, 3.63) is 72.2 Å². The van der Waals surface area contributed by atoms with Crippen molar-refractivity contribution in [2.75, 3.05) is 6.61 Å². The number of pyridine rings is 2. The molecule has 162 valence electrons. The fourth-order valence-electron chi connectivity index (χ4n) is 3.75. The van der Waals surface area contributed by atoms with Gasteiger partial charge in [0.1, 0.15) is 23.5 Å². The first-order valence-corrected chi connectivity index (χ1v) is 10.6. The van der Waals surface area contributed by atoms with Gasteiger partial charge in [0.05, 0.1) is 11.2 Å². The van der Waals surface area contributed by atoms with Crippen LogP contribution in [-0.4, -0.2) is 33.1 Å². The van der Waals surface area contributed by atoms with E-state index in [1.54, 1.807) is 26.2 Å². The second-order valence-corrected chi connectivity index (χ2v) is 9.27. The lowest BCUT2D eigenvalue weighted by atomic mass is 10.00. The van der Waals surface area contributed by atoms with Gasteiger partial charge in [0.15, 0.2) is 5.58 Å². The average molecular weight is 428 g/mol. The summed E-state index contributed by atoms with van der Waals surface area (Å²) in [6.07, 6.45) is 3.47. The first-order valence-electron chi connectivity index (χ1n) is 10.6. The topological polar surface area (TPSA) is 80.7 Å². The predicted octanol–water partition coefficient (Wildman–Crippen LogP) is 5.34. The highest BCUT2D eigenvalue weighted by atomic mass is 16.5. The number of aromatic nitrogens is 2. The third-order valence-corrected chi connectivity index (χ3v) is 5.49. The number of rotatable bonds is 4. The molecule has 0 saturated carbocycles. The lowest BCUT2D eigenvalue weighted by Crippen LogP contribution is -2.17. The van der Waals surface area contributed by atoms with Crippen LogP contribution in [0.25, 0.3) is 33.6 Å². The molecule has 0 amide bonds. The maximum absolute atomic E-state index is 10.3. The van der Waals surface area contributed by atoms with Gasteiger partial charge in [-0.15, -0.1) is 0 Å². The van der Waals surface area contributed by atoms with Gasteiger partial charge in [-0.3, -0.25) is 9.97 Å². The predicted molar refractivity (Wildman–Crippen MR) is 124 cm³/mol. The van der Waals surface area contributed by atoms with Crippen molar-refractivity contribution in [1.82, 2.24) is 9.97 Å². The Balaban J connectivity index is 1.52. The van der Waals surface area contributed by atoms with Crippen molar-refractivity contribution in [1.29, 1.82) is 0 Å². The van der Waals surface area contributed by atoms with E-state index in [0.717, 1.165) is 33.5 Å². The maximum atomic E-state index is 10.3. The standard InChI is InChI=1S/C26H25N3O3/c1-25(2)15-31-24(29-25)17-7-5-16(6-8-17)21-14-20-23(32-21)19(10-12-27-20)18-9-11-28-22(13-18)26(3,4)30/h5-14,30H,15H2,1-4H3. The molecule has 5 rings (SSSR count). The van der Waals surface area contributed by atoms with E-state index in [0.29, 0.717) is 23.8 Å². The van der Waals surface area contributed by atoms with Crippen molar-refractivity contribution >= 4 is 17.0 Å². The molecule has 1 aliphatic heterocycles. The first kappa shape index (κ1) is 20.4. The van der Waals surface area contributed by atoms with Gasteiger partial charge in [-0.2, -0.15) is 0 Å². The number of ether oxygens (including phenoxy) is 1. The number of hydrogen-bond acceptors (Lipinski definition) is 6. The Kier molecular flexibility index (Phi) is 4.64. The summed E-state index contributed by atoms with van der Waals surface area (Å²) in [5.41, 5.74) is 4.57. The summed E-state index contributed by atoms with van der Waals surface area (Å²) in [5.74, 6) is 1.41. The van der Waals surface area contributed by atoms with E-state index in [4.69, 9.17) is 9.15 Å². The van der Waals surface area contributed by atoms with Crippen molar-refractivity contribution in [2.45, 2.75) is 38.8 Å². The summed E-state index contributed by atoms with van der Waals surface area (Å²) in [5, 5.41) is 10.3. The molecule has 0 saturated heterocycles. The van der Waals surface area contributed by atoms with E-state index in [9.17, 15) is 5.11 Å². The molecular weight excluding hydrogens is 402 g/mol. The van der Waals surface area contributed by atoms with E-state index < -0.39 is 5.60 Å². The molecule has 0 bridgehead atoms. The molecule has 0 fully saturated rings. The van der Waals surface area contributed by atoms with Crippen LogP contribution >= 0.6 is 0 Å². The van der Waals surface area contributed by atoms with E-state index >= 15 is 0 Å². The van der Waals surface area contributed by atoms with Crippen LogP contribution in [0.2, 0.25) is 0 Å². The summed E-state index contributed by atoms with van der Waals surface area (Å²) >= 11 is 0. The second kappa shape index (κ2) is 7.28. The molecule has 6 heteroatoms. The van der Waals surface area contributed by atoms with Crippen LogP contribution in [0.3, 0.4) is 0 Å². The second-order valence-electron chi connectivity index (χ2n) is 9.27. The Labute approximate surface area is 186 Å². The molecule has 4 aromatic rings. The molecule has 0 spiro atoms. The van der Waals surface area contributed by atoms with Crippen molar-refractivity contribution in [3.8, 4) is 22.5 Å². The van der Waals surface area contributed by atoms with Crippen LogP contribution in [0, 0.1) is 0 Å². The third-order valence-electron chi connectivity index (χ3n) is 5.49. The van der Waals surface area contributed by atoms with E-state index in [1.165, 1.54) is 0 Å². The minimum atomic E-state index is -1.03. The largest absolute Gasteiger partial charge is 0.475 e. The van der Waals surface area contributed by atoms with Crippen LogP contribution in [0.1, 0.15) is 39.0 Å². The fourth-order valence-corrected chi connectivity index (χ4v) is 3.75. The Bertz CT molecular complexity index is 1330. The minimum Gasteiger partial charge on any atom is -0.475 e. The summed E-state index contributed by atoms with van der Waals surface area (Å²) < 4.78 is 12.0. The fraction of sp³-hybridized carbons (Fsp3) is 0.269. The van der Waals surface area contributed by atoms with E-state index in [1.807, 2.05) is 48.5 Å². The van der Waals surface area contributed by atoms with Gasteiger partial charge in [0.25, 0.3) is 0 Å². The number of hydrogen-bond donors (Lipinski definition) is 1.